The molecule has 0 aromatic carbocycles. The van der Waals surface area contributed by atoms with Gasteiger partial charge in [-0.25, -0.2) is 0 Å². The summed E-state index contributed by atoms with van der Waals surface area (Å²) in [6.07, 6.45) is 1.65. The molecule has 2 aromatic heterocycles. The van der Waals surface area contributed by atoms with E-state index in [0.29, 0.717) is 22.4 Å². The smallest absolute Gasteiger partial charge is 0.246 e. The van der Waals surface area contributed by atoms with Crippen LogP contribution in [0.25, 0.3) is 11.5 Å². The van der Waals surface area contributed by atoms with Gasteiger partial charge in [-0.3, -0.25) is 4.98 Å². The lowest BCUT2D eigenvalue weighted by atomic mass is 10.1. The molecule has 6 heteroatoms. The topological polar surface area (TPSA) is 63.8 Å². The van der Waals surface area contributed by atoms with Crippen molar-refractivity contribution in [3.05, 3.63) is 29.2 Å². The van der Waals surface area contributed by atoms with Crippen molar-refractivity contribution in [2.75, 3.05) is 6.54 Å². The molecule has 0 amide bonds. The van der Waals surface area contributed by atoms with Crippen LogP contribution in [0, 0.1) is 0 Å². The molecule has 2 heterocycles. The van der Waals surface area contributed by atoms with Gasteiger partial charge in [0.05, 0.1) is 10.6 Å². The molecular formula is C12H15ClN4O. The van der Waals surface area contributed by atoms with Gasteiger partial charge in [-0.1, -0.05) is 23.7 Å². The summed E-state index contributed by atoms with van der Waals surface area (Å²) in [7, 11) is 0. The van der Waals surface area contributed by atoms with Crippen molar-refractivity contribution in [3.8, 4) is 11.5 Å². The molecule has 0 atom stereocenters. The molecule has 0 saturated carbocycles. The van der Waals surface area contributed by atoms with Gasteiger partial charge in [0.25, 0.3) is 0 Å². The highest BCUT2D eigenvalue weighted by atomic mass is 35.5. The number of nitrogens with one attached hydrogen (secondary N) is 1. The standard InChI is InChI=1S/C12H15ClN4O/c1-4-15-12(2,3)11-16-10(17-18-11)9-8(13)6-5-7-14-9/h5-7,15H,4H2,1-3H3. The minimum Gasteiger partial charge on any atom is -0.337 e. The third kappa shape index (κ3) is 2.52. The lowest BCUT2D eigenvalue weighted by molar-refractivity contribution is 0.272. The SMILES string of the molecule is CCNC(C)(C)c1nc(-c2ncccc2Cl)no1. The van der Waals surface area contributed by atoms with Crippen LogP contribution < -0.4 is 5.32 Å². The Hall–Kier alpha value is -1.46. The fourth-order valence-corrected chi connectivity index (χ4v) is 1.85. The van der Waals surface area contributed by atoms with Crippen LogP contribution in [0.1, 0.15) is 26.7 Å². The molecule has 0 aliphatic heterocycles. The highest BCUT2D eigenvalue weighted by Gasteiger charge is 2.27. The first-order valence-corrected chi connectivity index (χ1v) is 6.12. The lowest BCUT2D eigenvalue weighted by Crippen LogP contribution is -2.36. The van der Waals surface area contributed by atoms with Crippen LogP contribution in [-0.4, -0.2) is 21.7 Å². The fraction of sp³-hybridized carbons (Fsp3) is 0.417. The van der Waals surface area contributed by atoms with Gasteiger partial charge in [-0.05, 0) is 32.5 Å². The van der Waals surface area contributed by atoms with Crippen molar-refractivity contribution in [3.63, 3.8) is 0 Å². The van der Waals surface area contributed by atoms with E-state index in [9.17, 15) is 0 Å². The zero-order valence-corrected chi connectivity index (χ0v) is 11.3. The lowest BCUT2D eigenvalue weighted by Gasteiger charge is -2.20. The van der Waals surface area contributed by atoms with E-state index in [2.05, 4.69) is 20.4 Å². The van der Waals surface area contributed by atoms with Gasteiger partial charge in [0.1, 0.15) is 5.69 Å². The zero-order chi connectivity index (χ0) is 13.2. The Kier molecular flexibility index (Phi) is 3.63. The third-order valence-corrected chi connectivity index (χ3v) is 2.85. The molecule has 0 radical (unpaired) electrons. The number of hydrogen-bond acceptors (Lipinski definition) is 5. The molecule has 0 aliphatic carbocycles. The Labute approximate surface area is 111 Å². The van der Waals surface area contributed by atoms with Crippen molar-refractivity contribution in [2.45, 2.75) is 26.3 Å². The van der Waals surface area contributed by atoms with Gasteiger partial charge in [0, 0.05) is 6.20 Å². The Balaban J connectivity index is 2.34. The van der Waals surface area contributed by atoms with Gasteiger partial charge in [-0.15, -0.1) is 0 Å². The molecule has 0 spiro atoms. The Morgan fingerprint density at radius 1 is 1.44 bits per heavy atom. The molecule has 0 bridgehead atoms. The number of aromatic nitrogens is 3. The predicted molar refractivity (Wildman–Crippen MR) is 69.2 cm³/mol. The summed E-state index contributed by atoms with van der Waals surface area (Å²) < 4.78 is 5.27. The van der Waals surface area contributed by atoms with Crippen molar-refractivity contribution in [1.29, 1.82) is 0 Å². The summed E-state index contributed by atoms with van der Waals surface area (Å²) in [6.45, 7) is 6.80. The van der Waals surface area contributed by atoms with E-state index in [-0.39, 0.29) is 5.54 Å². The van der Waals surface area contributed by atoms with E-state index < -0.39 is 0 Å². The summed E-state index contributed by atoms with van der Waals surface area (Å²) in [5.41, 5.74) is 0.155. The molecule has 2 rings (SSSR count). The molecule has 0 saturated heterocycles. The van der Waals surface area contributed by atoms with E-state index in [0.717, 1.165) is 6.54 Å². The van der Waals surface area contributed by atoms with Crippen LogP contribution in [0.5, 0.6) is 0 Å². The normalized spacial score (nSPS) is 11.8. The van der Waals surface area contributed by atoms with Gasteiger partial charge >= 0.3 is 0 Å². The predicted octanol–water partition coefficient (Wildman–Crippen LogP) is 2.63. The van der Waals surface area contributed by atoms with Gasteiger partial charge in [-0.2, -0.15) is 4.98 Å². The van der Waals surface area contributed by atoms with Crippen molar-refractivity contribution in [1.82, 2.24) is 20.4 Å². The molecule has 18 heavy (non-hydrogen) atoms. The first-order chi connectivity index (χ1) is 8.54. The second kappa shape index (κ2) is 5.04. The minimum atomic E-state index is -0.374. The number of rotatable bonds is 4. The quantitative estimate of drug-likeness (QED) is 0.922. The summed E-state index contributed by atoms with van der Waals surface area (Å²) in [6, 6.07) is 3.50. The first kappa shape index (κ1) is 13.0. The van der Waals surface area contributed by atoms with Crippen molar-refractivity contribution < 1.29 is 4.52 Å². The highest BCUT2D eigenvalue weighted by molar-refractivity contribution is 6.32. The second-order valence-corrected chi connectivity index (χ2v) is 4.82. The van der Waals surface area contributed by atoms with Gasteiger partial charge < -0.3 is 9.84 Å². The van der Waals surface area contributed by atoms with E-state index in [1.165, 1.54) is 0 Å². The number of nitrogens with zero attached hydrogens (tertiary/aromatic N) is 3. The average molecular weight is 267 g/mol. The van der Waals surface area contributed by atoms with Crippen LogP contribution in [0.4, 0.5) is 0 Å². The molecular weight excluding hydrogens is 252 g/mol. The number of hydrogen-bond donors (Lipinski definition) is 1. The van der Waals surface area contributed by atoms with Crippen LogP contribution in [-0.2, 0) is 5.54 Å². The first-order valence-electron chi connectivity index (χ1n) is 5.74. The molecule has 1 N–H and O–H groups in total. The summed E-state index contributed by atoms with van der Waals surface area (Å²) in [5.74, 6) is 0.919. The van der Waals surface area contributed by atoms with Crippen LogP contribution >= 0.6 is 11.6 Å². The second-order valence-electron chi connectivity index (χ2n) is 4.41. The number of pyridine rings is 1. The third-order valence-electron chi connectivity index (χ3n) is 2.55. The van der Waals surface area contributed by atoms with E-state index in [4.69, 9.17) is 16.1 Å². The van der Waals surface area contributed by atoms with Crippen LogP contribution in [0.15, 0.2) is 22.9 Å². The Morgan fingerprint density at radius 2 is 2.22 bits per heavy atom. The fourth-order valence-electron chi connectivity index (χ4n) is 1.64. The summed E-state index contributed by atoms with van der Waals surface area (Å²) in [4.78, 5) is 8.50. The summed E-state index contributed by atoms with van der Waals surface area (Å²) in [5, 5.41) is 7.70. The molecule has 0 unspecified atom stereocenters. The molecule has 0 fully saturated rings. The maximum Gasteiger partial charge on any atom is 0.246 e. The average Bonchev–Trinajstić information content (AvgIpc) is 2.79. The van der Waals surface area contributed by atoms with Crippen molar-refractivity contribution >= 4 is 11.6 Å². The van der Waals surface area contributed by atoms with E-state index in [1.807, 2.05) is 20.8 Å². The van der Waals surface area contributed by atoms with Gasteiger partial charge in [0.2, 0.25) is 11.7 Å². The van der Waals surface area contributed by atoms with Crippen molar-refractivity contribution in [2.24, 2.45) is 0 Å². The largest absolute Gasteiger partial charge is 0.337 e. The van der Waals surface area contributed by atoms with E-state index >= 15 is 0 Å². The Bertz CT molecular complexity index is 538. The maximum atomic E-state index is 6.04. The monoisotopic (exact) mass is 266 g/mol. The van der Waals surface area contributed by atoms with Gasteiger partial charge in [0.15, 0.2) is 0 Å². The number of halogens is 1. The highest BCUT2D eigenvalue weighted by Crippen LogP contribution is 2.25. The van der Waals surface area contributed by atoms with Crippen LogP contribution in [0.3, 0.4) is 0 Å². The minimum absolute atomic E-state index is 0.374. The van der Waals surface area contributed by atoms with Crippen LogP contribution in [0.2, 0.25) is 5.02 Å². The Morgan fingerprint density at radius 3 is 2.89 bits per heavy atom. The maximum absolute atomic E-state index is 6.04. The molecule has 0 aliphatic rings. The molecule has 96 valence electrons. The summed E-state index contributed by atoms with van der Waals surface area (Å²) >= 11 is 6.04. The zero-order valence-electron chi connectivity index (χ0n) is 10.6. The molecule has 2 aromatic rings. The molecule has 5 nitrogen and oxygen atoms in total. The van der Waals surface area contributed by atoms with E-state index in [1.54, 1.807) is 18.3 Å².